The van der Waals surface area contributed by atoms with Crippen molar-refractivity contribution in [2.24, 2.45) is 5.73 Å². The molecule has 2 N–H and O–H groups in total. The van der Waals surface area contributed by atoms with Gasteiger partial charge >= 0.3 is 0 Å². The third-order valence-electron chi connectivity index (χ3n) is 3.04. The number of hydrogen-bond donors (Lipinski definition) is 1. The number of aromatic nitrogens is 1. The number of rotatable bonds is 5. The summed E-state index contributed by atoms with van der Waals surface area (Å²) >= 11 is 0. The van der Waals surface area contributed by atoms with Gasteiger partial charge in [0.15, 0.2) is 11.5 Å². The molecule has 20 heavy (non-hydrogen) atoms. The quantitative estimate of drug-likeness (QED) is 0.909. The first kappa shape index (κ1) is 14.3. The Morgan fingerprint density at radius 1 is 1.20 bits per heavy atom. The molecule has 0 spiro atoms. The van der Waals surface area contributed by atoms with E-state index in [1.165, 1.54) is 0 Å². The van der Waals surface area contributed by atoms with E-state index in [0.717, 1.165) is 17.0 Å². The van der Waals surface area contributed by atoms with Gasteiger partial charge in [-0.2, -0.15) is 0 Å². The highest BCUT2D eigenvalue weighted by Crippen LogP contribution is 2.30. The van der Waals surface area contributed by atoms with Gasteiger partial charge < -0.3 is 15.2 Å². The van der Waals surface area contributed by atoms with Gasteiger partial charge in [-0.15, -0.1) is 0 Å². The molecule has 1 heterocycles. The molecular formula is C16H20N2O2. The van der Waals surface area contributed by atoms with Crippen LogP contribution in [0.1, 0.15) is 29.9 Å². The SMILES string of the molecule is COc1cc(C(C)N)ccc1OCc1cccc(C)n1. The zero-order valence-corrected chi connectivity index (χ0v) is 12.1. The molecule has 0 saturated carbocycles. The summed E-state index contributed by atoms with van der Waals surface area (Å²) in [6, 6.07) is 11.6. The molecule has 4 heteroatoms. The Bertz CT molecular complexity index is 582. The summed E-state index contributed by atoms with van der Waals surface area (Å²) in [5.41, 5.74) is 8.75. The van der Waals surface area contributed by atoms with Gasteiger partial charge in [0.25, 0.3) is 0 Å². The third-order valence-corrected chi connectivity index (χ3v) is 3.04. The highest BCUT2D eigenvalue weighted by Gasteiger charge is 2.08. The zero-order chi connectivity index (χ0) is 14.5. The number of benzene rings is 1. The largest absolute Gasteiger partial charge is 0.493 e. The second-order valence-electron chi connectivity index (χ2n) is 4.76. The van der Waals surface area contributed by atoms with Gasteiger partial charge in [0.2, 0.25) is 0 Å². The van der Waals surface area contributed by atoms with Crippen LogP contribution in [0.3, 0.4) is 0 Å². The van der Waals surface area contributed by atoms with Crippen LogP contribution >= 0.6 is 0 Å². The van der Waals surface area contributed by atoms with Crippen molar-refractivity contribution in [2.45, 2.75) is 26.5 Å². The molecule has 0 bridgehead atoms. The molecule has 1 unspecified atom stereocenters. The van der Waals surface area contributed by atoms with Crippen molar-refractivity contribution in [1.82, 2.24) is 4.98 Å². The second-order valence-corrected chi connectivity index (χ2v) is 4.76. The van der Waals surface area contributed by atoms with Crippen molar-refractivity contribution in [3.05, 3.63) is 53.3 Å². The van der Waals surface area contributed by atoms with Crippen molar-refractivity contribution >= 4 is 0 Å². The van der Waals surface area contributed by atoms with E-state index in [1.807, 2.05) is 50.2 Å². The standard InChI is InChI=1S/C16H20N2O2/c1-11-5-4-6-14(18-11)10-20-15-8-7-13(12(2)17)9-16(15)19-3/h4-9,12H,10,17H2,1-3H3. The fraction of sp³-hybridized carbons (Fsp3) is 0.312. The molecule has 1 atom stereocenters. The Hall–Kier alpha value is -2.07. The van der Waals surface area contributed by atoms with Gasteiger partial charge in [-0.05, 0) is 43.7 Å². The Morgan fingerprint density at radius 2 is 2.00 bits per heavy atom. The summed E-state index contributed by atoms with van der Waals surface area (Å²) in [5, 5.41) is 0. The lowest BCUT2D eigenvalue weighted by Crippen LogP contribution is -2.06. The van der Waals surface area contributed by atoms with Gasteiger partial charge in [-0.3, -0.25) is 4.98 Å². The van der Waals surface area contributed by atoms with E-state index in [4.69, 9.17) is 15.2 Å². The van der Waals surface area contributed by atoms with Crippen LogP contribution in [0.5, 0.6) is 11.5 Å². The summed E-state index contributed by atoms with van der Waals surface area (Å²) in [5.74, 6) is 1.38. The van der Waals surface area contributed by atoms with E-state index in [0.29, 0.717) is 18.1 Å². The maximum atomic E-state index is 5.86. The van der Waals surface area contributed by atoms with Crippen LogP contribution in [0.15, 0.2) is 36.4 Å². The van der Waals surface area contributed by atoms with Gasteiger partial charge in [0, 0.05) is 11.7 Å². The number of nitrogens with two attached hydrogens (primary N) is 1. The Labute approximate surface area is 119 Å². The van der Waals surface area contributed by atoms with Crippen LogP contribution in [0.25, 0.3) is 0 Å². The lowest BCUT2D eigenvalue weighted by molar-refractivity contribution is 0.280. The molecule has 0 amide bonds. The first-order chi connectivity index (χ1) is 9.60. The fourth-order valence-corrected chi connectivity index (χ4v) is 1.92. The van der Waals surface area contributed by atoms with E-state index in [2.05, 4.69) is 4.98 Å². The van der Waals surface area contributed by atoms with Crippen molar-refractivity contribution in [2.75, 3.05) is 7.11 Å². The molecule has 2 rings (SSSR count). The number of nitrogens with zero attached hydrogens (tertiary/aromatic N) is 1. The molecule has 1 aromatic heterocycles. The number of pyridine rings is 1. The van der Waals surface area contributed by atoms with Gasteiger partial charge in [0.05, 0.1) is 12.8 Å². The maximum Gasteiger partial charge on any atom is 0.161 e. The second kappa shape index (κ2) is 6.39. The van der Waals surface area contributed by atoms with Crippen LogP contribution in [0.4, 0.5) is 0 Å². The average molecular weight is 272 g/mol. The maximum absolute atomic E-state index is 5.86. The lowest BCUT2D eigenvalue weighted by atomic mass is 10.1. The molecular weight excluding hydrogens is 252 g/mol. The number of hydrogen-bond acceptors (Lipinski definition) is 4. The number of ether oxygens (including phenoxy) is 2. The average Bonchev–Trinajstić information content (AvgIpc) is 2.45. The molecule has 0 aliphatic carbocycles. The lowest BCUT2D eigenvalue weighted by Gasteiger charge is -2.13. The van der Waals surface area contributed by atoms with Crippen molar-refractivity contribution in [1.29, 1.82) is 0 Å². The van der Waals surface area contributed by atoms with Gasteiger partial charge in [-0.1, -0.05) is 12.1 Å². The fourth-order valence-electron chi connectivity index (χ4n) is 1.92. The minimum atomic E-state index is -0.0311. The summed E-state index contributed by atoms with van der Waals surface area (Å²) in [7, 11) is 1.62. The topological polar surface area (TPSA) is 57.4 Å². The van der Waals surface area contributed by atoms with Crippen molar-refractivity contribution in [3.63, 3.8) is 0 Å². The molecule has 106 valence electrons. The third kappa shape index (κ3) is 3.48. The number of methoxy groups -OCH3 is 1. The van der Waals surface area contributed by atoms with Crippen LogP contribution in [-0.2, 0) is 6.61 Å². The van der Waals surface area contributed by atoms with Crippen molar-refractivity contribution < 1.29 is 9.47 Å². The molecule has 0 aliphatic heterocycles. The molecule has 4 nitrogen and oxygen atoms in total. The summed E-state index contributed by atoms with van der Waals surface area (Å²) in [6.07, 6.45) is 0. The normalized spacial score (nSPS) is 12.0. The molecule has 0 saturated heterocycles. The Kier molecular flexibility index (Phi) is 4.58. The first-order valence-electron chi connectivity index (χ1n) is 6.59. The zero-order valence-electron chi connectivity index (χ0n) is 12.1. The Morgan fingerprint density at radius 3 is 2.65 bits per heavy atom. The summed E-state index contributed by atoms with van der Waals surface area (Å²) < 4.78 is 11.1. The van der Waals surface area contributed by atoms with E-state index in [1.54, 1.807) is 7.11 Å². The van der Waals surface area contributed by atoms with Crippen LogP contribution < -0.4 is 15.2 Å². The van der Waals surface area contributed by atoms with E-state index in [-0.39, 0.29) is 6.04 Å². The number of aryl methyl sites for hydroxylation is 1. The van der Waals surface area contributed by atoms with Crippen LogP contribution in [0, 0.1) is 6.92 Å². The van der Waals surface area contributed by atoms with Gasteiger partial charge in [0.1, 0.15) is 6.61 Å². The molecule has 0 radical (unpaired) electrons. The highest BCUT2D eigenvalue weighted by atomic mass is 16.5. The van der Waals surface area contributed by atoms with Crippen LogP contribution in [-0.4, -0.2) is 12.1 Å². The predicted octanol–water partition coefficient (Wildman–Crippen LogP) is 3.00. The van der Waals surface area contributed by atoms with Crippen LogP contribution in [0.2, 0.25) is 0 Å². The first-order valence-corrected chi connectivity index (χ1v) is 6.59. The smallest absolute Gasteiger partial charge is 0.161 e. The molecule has 0 fully saturated rings. The van der Waals surface area contributed by atoms with Gasteiger partial charge in [-0.25, -0.2) is 0 Å². The molecule has 0 aliphatic rings. The summed E-state index contributed by atoms with van der Waals surface area (Å²) in [6.45, 7) is 4.31. The highest BCUT2D eigenvalue weighted by molar-refractivity contribution is 5.43. The summed E-state index contributed by atoms with van der Waals surface area (Å²) in [4.78, 5) is 4.40. The molecule has 1 aromatic carbocycles. The minimum absolute atomic E-state index is 0.0311. The van der Waals surface area contributed by atoms with E-state index < -0.39 is 0 Å². The van der Waals surface area contributed by atoms with E-state index >= 15 is 0 Å². The monoisotopic (exact) mass is 272 g/mol. The Balaban J connectivity index is 2.13. The molecule has 2 aromatic rings. The van der Waals surface area contributed by atoms with E-state index in [9.17, 15) is 0 Å². The predicted molar refractivity (Wildman–Crippen MR) is 78.9 cm³/mol. The minimum Gasteiger partial charge on any atom is -0.493 e. The van der Waals surface area contributed by atoms with Crippen molar-refractivity contribution in [3.8, 4) is 11.5 Å².